The van der Waals surface area contributed by atoms with Gasteiger partial charge in [0.25, 0.3) is 10.0 Å². The number of hydrogen-bond donors (Lipinski definition) is 1. The Kier molecular flexibility index (Phi) is 9.86. The van der Waals surface area contributed by atoms with Crippen LogP contribution in [0.15, 0.2) is 77.7 Å². The van der Waals surface area contributed by atoms with Crippen LogP contribution in [0.4, 0.5) is 10.1 Å². The number of rotatable bonds is 11. The van der Waals surface area contributed by atoms with Crippen LogP contribution >= 0.6 is 0 Å². The van der Waals surface area contributed by atoms with Crippen molar-refractivity contribution in [3.8, 4) is 0 Å². The van der Waals surface area contributed by atoms with E-state index in [9.17, 15) is 22.4 Å². The van der Waals surface area contributed by atoms with Crippen LogP contribution < -0.4 is 9.62 Å². The highest BCUT2D eigenvalue weighted by molar-refractivity contribution is 7.92. The molecule has 0 saturated heterocycles. The number of carbonyl (C=O) groups excluding carboxylic acids is 2. The van der Waals surface area contributed by atoms with Crippen molar-refractivity contribution in [3.05, 3.63) is 95.3 Å². The molecule has 0 aromatic heterocycles. The largest absolute Gasteiger partial charge is 0.354 e. The highest BCUT2D eigenvalue weighted by atomic mass is 32.2. The van der Waals surface area contributed by atoms with Crippen LogP contribution in [0.2, 0.25) is 0 Å². The van der Waals surface area contributed by atoms with E-state index in [1.54, 1.807) is 19.1 Å². The molecule has 39 heavy (non-hydrogen) atoms. The molecule has 1 unspecified atom stereocenters. The van der Waals surface area contributed by atoms with Crippen LogP contribution in [-0.4, -0.2) is 44.3 Å². The first-order valence-electron chi connectivity index (χ1n) is 12.9. The van der Waals surface area contributed by atoms with Crippen molar-refractivity contribution in [1.29, 1.82) is 0 Å². The van der Waals surface area contributed by atoms with Crippen LogP contribution in [0.3, 0.4) is 0 Å². The lowest BCUT2D eigenvalue weighted by atomic mass is 10.1. The van der Waals surface area contributed by atoms with Crippen molar-refractivity contribution in [2.45, 2.75) is 52.1 Å². The molecule has 0 aliphatic rings. The van der Waals surface area contributed by atoms with E-state index in [4.69, 9.17) is 0 Å². The number of anilines is 1. The maximum Gasteiger partial charge on any atom is 0.264 e. The van der Waals surface area contributed by atoms with Gasteiger partial charge in [-0.2, -0.15) is 0 Å². The highest BCUT2D eigenvalue weighted by Crippen LogP contribution is 2.27. The van der Waals surface area contributed by atoms with Gasteiger partial charge in [0.15, 0.2) is 0 Å². The van der Waals surface area contributed by atoms with E-state index < -0.39 is 34.3 Å². The molecule has 1 atom stereocenters. The Balaban J connectivity index is 2.02. The first-order chi connectivity index (χ1) is 18.4. The van der Waals surface area contributed by atoms with Gasteiger partial charge in [-0.1, -0.05) is 73.5 Å². The molecule has 3 rings (SSSR count). The molecular weight excluding hydrogens is 517 g/mol. The minimum atomic E-state index is -4.32. The molecule has 0 spiro atoms. The number of sulfonamides is 1. The van der Waals surface area contributed by atoms with Gasteiger partial charge in [0.05, 0.1) is 10.6 Å². The van der Waals surface area contributed by atoms with Crippen LogP contribution in [0, 0.1) is 25.6 Å². The van der Waals surface area contributed by atoms with Crippen molar-refractivity contribution in [3.63, 3.8) is 0 Å². The Morgan fingerprint density at radius 2 is 1.56 bits per heavy atom. The smallest absolute Gasteiger partial charge is 0.264 e. The van der Waals surface area contributed by atoms with Gasteiger partial charge in [-0.15, -0.1) is 0 Å². The number of nitrogens with one attached hydrogen (secondary N) is 1. The maximum atomic E-state index is 15.0. The van der Waals surface area contributed by atoms with Gasteiger partial charge in [0.2, 0.25) is 11.8 Å². The van der Waals surface area contributed by atoms with Crippen LogP contribution in [0.5, 0.6) is 0 Å². The second-order valence-corrected chi connectivity index (χ2v) is 12.0. The lowest BCUT2D eigenvalue weighted by Crippen LogP contribution is -2.51. The molecule has 1 N–H and O–H groups in total. The quantitative estimate of drug-likeness (QED) is 0.369. The van der Waals surface area contributed by atoms with Crippen molar-refractivity contribution < 1.29 is 22.4 Å². The molecule has 2 amide bonds. The maximum absolute atomic E-state index is 15.0. The van der Waals surface area contributed by atoms with Gasteiger partial charge in [0.1, 0.15) is 18.4 Å². The molecule has 0 aliphatic carbocycles. The SMILES string of the molecule is Cc1ccc(S(=O)(=O)N(CC(=O)N(Cc2cccc(C)c2)C(C)C(=O)NCC(C)C)c2ccccc2F)cc1. The normalized spacial score (nSPS) is 12.2. The van der Waals surface area contributed by atoms with E-state index in [0.717, 1.165) is 27.1 Å². The molecule has 0 bridgehead atoms. The number of hydrogen-bond acceptors (Lipinski definition) is 4. The van der Waals surface area contributed by atoms with E-state index in [2.05, 4.69) is 5.32 Å². The zero-order chi connectivity index (χ0) is 28.7. The summed E-state index contributed by atoms with van der Waals surface area (Å²) in [5.74, 6) is -1.57. The summed E-state index contributed by atoms with van der Waals surface area (Å²) in [6.45, 7) is 9.08. The minimum Gasteiger partial charge on any atom is -0.354 e. The third-order valence-corrected chi connectivity index (χ3v) is 8.07. The lowest BCUT2D eigenvalue weighted by Gasteiger charge is -2.32. The molecule has 0 fully saturated rings. The van der Waals surface area contributed by atoms with Gasteiger partial charge in [-0.05, 0) is 56.5 Å². The number of carbonyl (C=O) groups is 2. The summed E-state index contributed by atoms with van der Waals surface area (Å²) in [7, 11) is -4.32. The molecular formula is C30H36FN3O4S. The fourth-order valence-corrected chi connectivity index (χ4v) is 5.47. The number of para-hydroxylation sites is 1. The zero-order valence-corrected chi connectivity index (χ0v) is 23.8. The number of amides is 2. The van der Waals surface area contributed by atoms with E-state index in [0.29, 0.717) is 6.54 Å². The van der Waals surface area contributed by atoms with E-state index >= 15 is 0 Å². The van der Waals surface area contributed by atoms with E-state index in [1.807, 2.05) is 52.0 Å². The first kappa shape index (κ1) is 29.8. The van der Waals surface area contributed by atoms with Crippen molar-refractivity contribution in [1.82, 2.24) is 10.2 Å². The molecule has 7 nitrogen and oxygen atoms in total. The summed E-state index contributed by atoms with van der Waals surface area (Å²) in [6, 6.07) is 18.1. The van der Waals surface area contributed by atoms with Gasteiger partial charge in [0, 0.05) is 13.1 Å². The summed E-state index contributed by atoms with van der Waals surface area (Å²) in [6.07, 6.45) is 0. The molecule has 0 heterocycles. The topological polar surface area (TPSA) is 86.8 Å². The lowest BCUT2D eigenvalue weighted by molar-refractivity contribution is -0.139. The number of nitrogens with zero attached hydrogens (tertiary/aromatic N) is 2. The Morgan fingerprint density at radius 3 is 2.18 bits per heavy atom. The molecule has 9 heteroatoms. The second kappa shape index (κ2) is 12.9. The average Bonchev–Trinajstić information content (AvgIpc) is 2.89. The molecule has 3 aromatic carbocycles. The molecule has 208 valence electrons. The summed E-state index contributed by atoms with van der Waals surface area (Å²) >= 11 is 0. The fraction of sp³-hybridized carbons (Fsp3) is 0.333. The predicted octanol–water partition coefficient (Wildman–Crippen LogP) is 4.83. The first-order valence-corrected chi connectivity index (χ1v) is 14.3. The molecule has 3 aromatic rings. The summed E-state index contributed by atoms with van der Waals surface area (Å²) in [5, 5.41) is 2.85. The van der Waals surface area contributed by atoms with Crippen molar-refractivity contribution >= 4 is 27.5 Å². The van der Waals surface area contributed by atoms with E-state index in [1.165, 1.54) is 35.2 Å². The van der Waals surface area contributed by atoms with Gasteiger partial charge in [-0.3, -0.25) is 13.9 Å². The van der Waals surface area contributed by atoms with Gasteiger partial charge < -0.3 is 10.2 Å². The Hall–Kier alpha value is -3.72. The third kappa shape index (κ3) is 7.66. The van der Waals surface area contributed by atoms with Gasteiger partial charge >= 0.3 is 0 Å². The second-order valence-electron chi connectivity index (χ2n) is 10.1. The molecule has 0 radical (unpaired) electrons. The van der Waals surface area contributed by atoms with Crippen LogP contribution in [0.25, 0.3) is 0 Å². The third-order valence-electron chi connectivity index (χ3n) is 6.30. The van der Waals surface area contributed by atoms with Crippen molar-refractivity contribution in [2.75, 3.05) is 17.4 Å². The Labute approximate surface area is 230 Å². The Bertz CT molecular complexity index is 1410. The molecule has 0 saturated carbocycles. The Morgan fingerprint density at radius 1 is 0.897 bits per heavy atom. The standard InChI is InChI=1S/C30H36FN3O4S/c1-21(2)18-32-30(36)24(5)33(19-25-10-8-9-23(4)17-25)29(35)20-34(28-12-7-6-11-27(28)31)39(37,38)26-15-13-22(3)14-16-26/h6-17,21,24H,18-20H2,1-5H3,(H,32,36). The van der Waals surface area contributed by atoms with Crippen LogP contribution in [-0.2, 0) is 26.2 Å². The summed E-state index contributed by atoms with van der Waals surface area (Å²) in [4.78, 5) is 28.1. The zero-order valence-electron chi connectivity index (χ0n) is 23.0. The highest BCUT2D eigenvalue weighted by Gasteiger charge is 2.33. The van der Waals surface area contributed by atoms with Crippen molar-refractivity contribution in [2.24, 2.45) is 5.92 Å². The summed E-state index contributed by atoms with van der Waals surface area (Å²) in [5.41, 5.74) is 2.37. The predicted molar refractivity (Wildman–Crippen MR) is 151 cm³/mol. The van der Waals surface area contributed by atoms with E-state index in [-0.39, 0.29) is 29.0 Å². The monoisotopic (exact) mass is 553 g/mol. The fourth-order valence-electron chi connectivity index (χ4n) is 4.05. The number of aryl methyl sites for hydroxylation is 2. The molecule has 0 aliphatic heterocycles. The number of halogens is 1. The van der Waals surface area contributed by atoms with Crippen LogP contribution in [0.1, 0.15) is 37.5 Å². The number of benzene rings is 3. The average molecular weight is 554 g/mol. The minimum absolute atomic E-state index is 0.0721. The van der Waals surface area contributed by atoms with Gasteiger partial charge in [-0.25, -0.2) is 12.8 Å². The summed E-state index contributed by atoms with van der Waals surface area (Å²) < 4.78 is 43.2.